The molecule has 17 nitrogen and oxygen atoms in total. The van der Waals surface area contributed by atoms with Crippen molar-refractivity contribution in [2.75, 3.05) is 18.9 Å². The third-order valence-corrected chi connectivity index (χ3v) is 12.9. The number of anilines is 1. The van der Waals surface area contributed by atoms with Gasteiger partial charge in [0.05, 0.1) is 39.6 Å². The molecule has 3 aliphatic heterocycles. The zero-order chi connectivity index (χ0) is 50.9. The van der Waals surface area contributed by atoms with Crippen LogP contribution in [0.15, 0.2) is 152 Å². The van der Waals surface area contributed by atoms with Crippen molar-refractivity contribution < 1.29 is 56.9 Å². The minimum absolute atomic E-state index is 0.0250. The van der Waals surface area contributed by atoms with Gasteiger partial charge in [0.1, 0.15) is 66.8 Å². The van der Waals surface area contributed by atoms with E-state index in [1.165, 1.54) is 6.92 Å². The molecular formula is C57H61N5O12. The third-order valence-electron chi connectivity index (χ3n) is 12.9. The molecule has 386 valence electrons. The lowest BCUT2D eigenvalue weighted by Crippen LogP contribution is -2.59. The summed E-state index contributed by atoms with van der Waals surface area (Å²) in [6, 6.07) is 48.9. The number of carbonyl (C=O) groups excluding carboxylic acids is 1. The van der Waals surface area contributed by atoms with Crippen LogP contribution in [0, 0.1) is 0 Å². The smallest absolute Gasteiger partial charge is 0.303 e. The molecule has 1 unspecified atom stereocenters. The number of rotatable bonds is 22. The van der Waals surface area contributed by atoms with Crippen LogP contribution in [0.25, 0.3) is 11.2 Å². The molecule has 0 radical (unpaired) electrons. The van der Waals surface area contributed by atoms with Gasteiger partial charge in [0, 0.05) is 6.92 Å². The largest absolute Gasteiger partial charge is 0.471 e. The molecule has 0 aliphatic carbocycles. The Morgan fingerprint density at radius 2 is 1.15 bits per heavy atom. The van der Waals surface area contributed by atoms with Crippen LogP contribution >= 0.6 is 0 Å². The zero-order valence-electron chi connectivity index (χ0n) is 41.5. The SMILES string of the molecule is CC(=O)OC(CO[C@@H]1[C@H](OCc2ccccc2)[C@@H](c2nc3nc(N)nc(OCc4ccccc4)c3[nH]2)O[C@H](COCc2ccccc2)[C@H]1OCc1ccccc1)[C@H]1O[C@@H]2OC(C)(C)O[C@@H]2[C@@H]1OCc1ccccc1. The van der Waals surface area contributed by atoms with E-state index in [0.717, 1.165) is 27.8 Å². The van der Waals surface area contributed by atoms with Crippen molar-refractivity contribution >= 4 is 23.1 Å². The number of nitrogens with two attached hydrogens (primary N) is 1. The normalized spacial score (nSPS) is 24.6. The fourth-order valence-corrected chi connectivity index (χ4v) is 9.49. The van der Waals surface area contributed by atoms with Crippen LogP contribution < -0.4 is 10.5 Å². The Labute approximate surface area is 429 Å². The number of benzene rings is 5. The zero-order valence-corrected chi connectivity index (χ0v) is 41.5. The van der Waals surface area contributed by atoms with E-state index in [-0.39, 0.29) is 57.1 Å². The molecule has 10 atom stereocenters. The maximum absolute atomic E-state index is 13.2. The van der Waals surface area contributed by atoms with Crippen LogP contribution in [0.5, 0.6) is 5.88 Å². The lowest BCUT2D eigenvalue weighted by molar-refractivity contribution is -0.282. The first-order chi connectivity index (χ1) is 36.1. The molecule has 5 heterocycles. The van der Waals surface area contributed by atoms with Crippen molar-refractivity contribution in [1.82, 2.24) is 19.9 Å². The lowest BCUT2D eigenvalue weighted by Gasteiger charge is -2.46. The molecule has 3 N–H and O–H groups in total. The summed E-state index contributed by atoms with van der Waals surface area (Å²) in [4.78, 5) is 30.6. The van der Waals surface area contributed by atoms with E-state index < -0.39 is 73.0 Å². The van der Waals surface area contributed by atoms with Crippen molar-refractivity contribution in [3.05, 3.63) is 185 Å². The summed E-state index contributed by atoms with van der Waals surface area (Å²) in [6.07, 6.45) is -8.69. The molecule has 5 aromatic carbocycles. The second kappa shape index (κ2) is 23.7. The summed E-state index contributed by atoms with van der Waals surface area (Å²) < 4.78 is 73.1. The van der Waals surface area contributed by atoms with Crippen molar-refractivity contribution in [2.24, 2.45) is 0 Å². The number of nitrogens with zero attached hydrogens (tertiary/aromatic N) is 3. The fraction of sp³-hybridized carbons (Fsp3) is 0.368. The second-order valence-corrected chi connectivity index (χ2v) is 18.9. The van der Waals surface area contributed by atoms with Crippen LogP contribution in [-0.2, 0) is 85.2 Å². The Morgan fingerprint density at radius 3 is 1.72 bits per heavy atom. The van der Waals surface area contributed by atoms with Gasteiger partial charge in [0.15, 0.2) is 23.8 Å². The van der Waals surface area contributed by atoms with Gasteiger partial charge < -0.3 is 62.8 Å². The molecule has 3 saturated heterocycles. The van der Waals surface area contributed by atoms with Gasteiger partial charge in [-0.3, -0.25) is 4.79 Å². The number of esters is 1. The number of nitrogens with one attached hydrogen (secondary N) is 1. The number of carbonyl (C=O) groups is 1. The highest BCUT2D eigenvalue weighted by atomic mass is 16.8. The summed E-state index contributed by atoms with van der Waals surface area (Å²) in [6.45, 7) is 5.91. The molecule has 3 fully saturated rings. The highest BCUT2D eigenvalue weighted by Crippen LogP contribution is 2.42. The van der Waals surface area contributed by atoms with E-state index in [0.29, 0.717) is 17.9 Å². The van der Waals surface area contributed by atoms with Gasteiger partial charge in [0.25, 0.3) is 0 Å². The van der Waals surface area contributed by atoms with Crippen molar-refractivity contribution in [1.29, 1.82) is 0 Å². The minimum atomic E-state index is -1.04. The maximum atomic E-state index is 13.2. The Bertz CT molecular complexity index is 2870. The Kier molecular flexibility index (Phi) is 16.3. The summed E-state index contributed by atoms with van der Waals surface area (Å²) in [5.74, 6) is -0.990. The predicted molar refractivity (Wildman–Crippen MR) is 270 cm³/mol. The maximum Gasteiger partial charge on any atom is 0.303 e. The number of aromatic nitrogens is 4. The average molecular weight is 1010 g/mol. The number of fused-ring (bicyclic) bond motifs is 2. The lowest BCUT2D eigenvalue weighted by atomic mass is 9.93. The Morgan fingerprint density at radius 1 is 0.622 bits per heavy atom. The Balaban J connectivity index is 1.03. The van der Waals surface area contributed by atoms with Crippen LogP contribution in [0.3, 0.4) is 0 Å². The number of hydrogen-bond acceptors (Lipinski definition) is 16. The van der Waals surface area contributed by atoms with Gasteiger partial charge in [0.2, 0.25) is 11.8 Å². The van der Waals surface area contributed by atoms with Crippen LogP contribution in [0.4, 0.5) is 5.95 Å². The van der Waals surface area contributed by atoms with Gasteiger partial charge in [-0.15, -0.1) is 0 Å². The van der Waals surface area contributed by atoms with Crippen LogP contribution in [-0.4, -0.2) is 100 Å². The number of nitrogen functional groups attached to an aromatic ring is 1. The first-order valence-corrected chi connectivity index (χ1v) is 24.9. The van der Waals surface area contributed by atoms with Gasteiger partial charge in [-0.25, -0.2) is 4.98 Å². The van der Waals surface area contributed by atoms with Crippen molar-refractivity contribution in [3.63, 3.8) is 0 Å². The average Bonchev–Trinajstić information content (AvgIpc) is 4.09. The van der Waals surface area contributed by atoms with Crippen molar-refractivity contribution in [3.8, 4) is 5.88 Å². The van der Waals surface area contributed by atoms with E-state index in [4.69, 9.17) is 62.8 Å². The molecule has 10 rings (SSSR count). The van der Waals surface area contributed by atoms with Gasteiger partial charge >= 0.3 is 5.97 Å². The topological polar surface area (TPSA) is 199 Å². The highest BCUT2D eigenvalue weighted by Gasteiger charge is 2.58. The quantitative estimate of drug-likeness (QED) is 0.0617. The van der Waals surface area contributed by atoms with Gasteiger partial charge in [-0.05, 0) is 41.7 Å². The molecular weight excluding hydrogens is 947 g/mol. The third kappa shape index (κ3) is 12.6. The standard InChI is InChI=1S/C57H61N5O12/c1-36(63)70-43(46-48(66-31-39-23-13-6-14-24-39)51-55(72-46)74-57(2,3)73-51)35-68-47-45(65-30-38-21-11-5-12-22-38)42(34-64-29-37-19-9-4-10-20-37)71-50(49(47)67-32-40-25-15-7-16-26-40)53-59-44-52(60-53)61-56(58)62-54(44)69-33-41-27-17-8-18-28-41/h4-28,42-43,45-51,55H,29-35H2,1-3H3,(H3,58,59,60,61,62)/t42-,43?,45-,46-,47+,48-,49+,50+,51-,55-/m1/s1. The highest BCUT2D eigenvalue weighted by molar-refractivity contribution is 5.77. The molecule has 0 amide bonds. The van der Waals surface area contributed by atoms with Crippen LogP contribution in [0.2, 0.25) is 0 Å². The number of aromatic amines is 1. The number of imidazole rings is 1. The molecule has 0 spiro atoms. The number of H-pyrrole nitrogens is 1. The van der Waals surface area contributed by atoms with Gasteiger partial charge in [-0.2, -0.15) is 9.97 Å². The number of ether oxygens (including phenoxy) is 11. The summed E-state index contributed by atoms with van der Waals surface area (Å²) in [5, 5.41) is 0. The van der Waals surface area contributed by atoms with Crippen molar-refractivity contribution in [2.45, 2.75) is 121 Å². The summed E-state index contributed by atoms with van der Waals surface area (Å²) >= 11 is 0. The van der Waals surface area contributed by atoms with Crippen LogP contribution in [0.1, 0.15) is 60.5 Å². The fourth-order valence-electron chi connectivity index (χ4n) is 9.49. The summed E-state index contributed by atoms with van der Waals surface area (Å²) in [5.41, 5.74) is 11.6. The molecule has 3 aliphatic rings. The summed E-state index contributed by atoms with van der Waals surface area (Å²) in [7, 11) is 0. The first-order valence-electron chi connectivity index (χ1n) is 24.9. The first kappa shape index (κ1) is 50.9. The number of hydrogen-bond donors (Lipinski definition) is 2. The van der Waals surface area contributed by atoms with E-state index in [9.17, 15) is 4.79 Å². The van der Waals surface area contributed by atoms with E-state index in [1.54, 1.807) is 0 Å². The van der Waals surface area contributed by atoms with Gasteiger partial charge in [-0.1, -0.05) is 152 Å². The van der Waals surface area contributed by atoms with E-state index >= 15 is 0 Å². The molecule has 0 bridgehead atoms. The monoisotopic (exact) mass is 1010 g/mol. The second-order valence-electron chi connectivity index (χ2n) is 18.9. The minimum Gasteiger partial charge on any atom is -0.471 e. The van der Waals surface area contributed by atoms with E-state index in [1.807, 2.05) is 166 Å². The van der Waals surface area contributed by atoms with E-state index in [2.05, 4.69) is 15.0 Å². The predicted octanol–water partition coefficient (Wildman–Crippen LogP) is 8.12. The molecule has 0 saturated carbocycles. The molecule has 2 aromatic heterocycles. The molecule has 7 aromatic rings. The molecule has 17 heteroatoms. The molecule has 74 heavy (non-hydrogen) atoms. The Hall–Kier alpha value is -6.64.